The molecule has 8 nitrogen and oxygen atoms in total. The van der Waals surface area contributed by atoms with Crippen LogP contribution in [0.4, 0.5) is 5.69 Å². The number of nitrogens with zero attached hydrogens (tertiary/aromatic N) is 2. The molecule has 9 heteroatoms. The van der Waals surface area contributed by atoms with E-state index < -0.39 is 19.1 Å². The van der Waals surface area contributed by atoms with Crippen molar-refractivity contribution in [2.75, 3.05) is 26.9 Å². The summed E-state index contributed by atoms with van der Waals surface area (Å²) in [7, 11) is -0.564. The van der Waals surface area contributed by atoms with Crippen molar-refractivity contribution in [2.45, 2.75) is 71.1 Å². The van der Waals surface area contributed by atoms with Crippen LogP contribution in [-0.2, 0) is 4.43 Å². The third kappa shape index (κ3) is 6.35. The van der Waals surface area contributed by atoms with E-state index in [0.717, 1.165) is 18.4 Å². The molecule has 0 bridgehead atoms. The maximum Gasteiger partial charge on any atom is 0.286 e. The van der Waals surface area contributed by atoms with Gasteiger partial charge in [0.15, 0.2) is 19.8 Å². The Labute approximate surface area is 198 Å². The molecule has 1 atom stereocenters. The second kappa shape index (κ2) is 10.7. The number of ether oxygens (including phenoxy) is 2. The zero-order valence-electron chi connectivity index (χ0n) is 21.0. The van der Waals surface area contributed by atoms with Crippen LogP contribution in [0.1, 0.15) is 57.3 Å². The molecule has 1 aliphatic heterocycles. The standard InChI is InChI=1S/C24H38N2O6Si/c1-9-10-11-31-22-14-20(26(28)29)19(13-21(22)30-6)23(27)25-15-17(2)12-18(25)16-32-33(7,8)24(3,4)5/h13-14,18H,2,9-12,15-16H2,1,3-8H3/t18-/m0/s1. The molecule has 1 fully saturated rings. The highest BCUT2D eigenvalue weighted by atomic mass is 28.4. The maximum absolute atomic E-state index is 13.5. The van der Waals surface area contributed by atoms with E-state index in [4.69, 9.17) is 13.9 Å². The number of nitro benzene ring substituents is 1. The maximum atomic E-state index is 13.5. The van der Waals surface area contributed by atoms with Crippen LogP contribution in [0.25, 0.3) is 0 Å². The third-order valence-corrected chi connectivity index (χ3v) is 11.0. The lowest BCUT2D eigenvalue weighted by Gasteiger charge is -2.38. The number of hydrogen-bond donors (Lipinski definition) is 0. The van der Waals surface area contributed by atoms with E-state index in [0.29, 0.717) is 31.9 Å². The summed E-state index contributed by atoms with van der Waals surface area (Å²) in [5.74, 6) is 0.132. The number of nitro groups is 1. The molecule has 1 heterocycles. The lowest BCUT2D eigenvalue weighted by molar-refractivity contribution is -0.385. The first-order chi connectivity index (χ1) is 15.3. The van der Waals surface area contributed by atoms with Gasteiger partial charge in [-0.05, 0) is 31.0 Å². The Balaban J connectivity index is 2.35. The summed E-state index contributed by atoms with van der Waals surface area (Å²) in [4.78, 5) is 26.5. The SMILES string of the molecule is C=C1C[C@@H](CO[Si](C)(C)C(C)(C)C)N(C(=O)c2cc(OC)c(OCCCC)cc2[N+](=O)[O-])C1. The van der Waals surface area contributed by atoms with E-state index in [1.807, 2.05) is 6.92 Å². The second-order valence-electron chi connectivity index (χ2n) is 10.1. The molecule has 1 aromatic carbocycles. The summed E-state index contributed by atoms with van der Waals surface area (Å²) in [6.07, 6.45) is 2.35. The fourth-order valence-corrected chi connectivity index (χ4v) is 4.45. The quantitative estimate of drug-likeness (QED) is 0.143. The number of benzene rings is 1. The van der Waals surface area contributed by atoms with Gasteiger partial charge in [0.1, 0.15) is 5.56 Å². The molecule has 0 unspecified atom stereocenters. The first-order valence-electron chi connectivity index (χ1n) is 11.4. The van der Waals surface area contributed by atoms with Crippen molar-refractivity contribution in [1.82, 2.24) is 4.90 Å². The van der Waals surface area contributed by atoms with Crippen LogP contribution < -0.4 is 9.47 Å². The van der Waals surface area contributed by atoms with Crippen LogP contribution in [0.2, 0.25) is 18.1 Å². The van der Waals surface area contributed by atoms with E-state index in [2.05, 4.69) is 40.4 Å². The van der Waals surface area contributed by atoms with E-state index in [1.165, 1.54) is 19.2 Å². The van der Waals surface area contributed by atoms with Gasteiger partial charge in [-0.1, -0.05) is 46.3 Å². The molecule has 1 amide bonds. The van der Waals surface area contributed by atoms with Gasteiger partial charge in [-0.25, -0.2) is 0 Å². The Kier molecular flexibility index (Phi) is 8.70. The number of carbonyl (C=O) groups excluding carboxylic acids is 1. The van der Waals surface area contributed by atoms with Crippen LogP contribution >= 0.6 is 0 Å². The highest BCUT2D eigenvalue weighted by Gasteiger charge is 2.40. The highest BCUT2D eigenvalue weighted by molar-refractivity contribution is 6.74. The van der Waals surface area contributed by atoms with Crippen molar-refractivity contribution in [2.24, 2.45) is 0 Å². The lowest BCUT2D eigenvalue weighted by Crippen LogP contribution is -2.46. The minimum Gasteiger partial charge on any atom is -0.493 e. The normalized spacial score (nSPS) is 16.8. The number of likely N-dealkylation sites (tertiary alicyclic amines) is 1. The van der Waals surface area contributed by atoms with E-state index >= 15 is 0 Å². The zero-order chi connectivity index (χ0) is 25.0. The number of rotatable bonds is 10. The van der Waals surface area contributed by atoms with Gasteiger partial charge >= 0.3 is 0 Å². The summed E-state index contributed by atoms with van der Waals surface area (Å²) < 4.78 is 17.4. The average Bonchev–Trinajstić information content (AvgIpc) is 3.11. The van der Waals surface area contributed by atoms with Crippen molar-refractivity contribution in [3.05, 3.63) is 40.0 Å². The molecule has 184 valence electrons. The Morgan fingerprint density at radius 3 is 2.52 bits per heavy atom. The third-order valence-electron chi connectivity index (χ3n) is 6.53. The molecule has 0 aliphatic carbocycles. The number of hydrogen-bond acceptors (Lipinski definition) is 6. The zero-order valence-corrected chi connectivity index (χ0v) is 22.0. The molecule has 0 N–H and O–H groups in total. The fourth-order valence-electron chi connectivity index (χ4n) is 3.41. The molecule has 33 heavy (non-hydrogen) atoms. The topological polar surface area (TPSA) is 91.1 Å². The molecular weight excluding hydrogens is 440 g/mol. The number of carbonyl (C=O) groups is 1. The van der Waals surface area contributed by atoms with Crippen LogP contribution in [0.3, 0.4) is 0 Å². The van der Waals surface area contributed by atoms with E-state index in [-0.39, 0.29) is 28.1 Å². The molecule has 0 aromatic heterocycles. The summed E-state index contributed by atoms with van der Waals surface area (Å²) in [5, 5.41) is 11.9. The minimum atomic E-state index is -2.02. The van der Waals surface area contributed by atoms with Gasteiger partial charge < -0.3 is 18.8 Å². The van der Waals surface area contributed by atoms with Crippen LogP contribution in [0.5, 0.6) is 11.5 Å². The summed E-state index contributed by atoms with van der Waals surface area (Å²) in [5.41, 5.74) is 0.585. The predicted molar refractivity (Wildman–Crippen MR) is 132 cm³/mol. The van der Waals surface area contributed by atoms with Crippen molar-refractivity contribution >= 4 is 19.9 Å². The Morgan fingerprint density at radius 1 is 1.30 bits per heavy atom. The average molecular weight is 479 g/mol. The second-order valence-corrected chi connectivity index (χ2v) is 14.9. The van der Waals surface area contributed by atoms with Crippen molar-refractivity contribution in [3.8, 4) is 11.5 Å². The Bertz CT molecular complexity index is 894. The number of methoxy groups -OCH3 is 1. The van der Waals surface area contributed by atoms with Gasteiger partial charge in [0.2, 0.25) is 0 Å². The smallest absolute Gasteiger partial charge is 0.286 e. The molecule has 0 spiro atoms. The van der Waals surface area contributed by atoms with Gasteiger partial charge in [0, 0.05) is 12.6 Å². The lowest BCUT2D eigenvalue weighted by atomic mass is 10.1. The van der Waals surface area contributed by atoms with Gasteiger partial charge in [0.05, 0.1) is 37.4 Å². The number of amides is 1. The Morgan fingerprint density at radius 2 is 1.97 bits per heavy atom. The first-order valence-corrected chi connectivity index (χ1v) is 14.3. The van der Waals surface area contributed by atoms with Crippen LogP contribution in [0, 0.1) is 10.1 Å². The van der Waals surface area contributed by atoms with Gasteiger partial charge in [-0.3, -0.25) is 14.9 Å². The van der Waals surface area contributed by atoms with Crippen molar-refractivity contribution in [1.29, 1.82) is 0 Å². The van der Waals surface area contributed by atoms with Gasteiger partial charge in [-0.2, -0.15) is 0 Å². The van der Waals surface area contributed by atoms with E-state index in [1.54, 1.807) is 4.90 Å². The van der Waals surface area contributed by atoms with Crippen molar-refractivity contribution < 1.29 is 23.6 Å². The molecule has 1 saturated heterocycles. The molecule has 1 aliphatic rings. The van der Waals surface area contributed by atoms with Crippen molar-refractivity contribution in [3.63, 3.8) is 0 Å². The largest absolute Gasteiger partial charge is 0.493 e. The molecule has 0 saturated carbocycles. The summed E-state index contributed by atoms with van der Waals surface area (Å²) >= 11 is 0. The summed E-state index contributed by atoms with van der Waals surface area (Å²) in [6, 6.07) is 2.48. The summed E-state index contributed by atoms with van der Waals surface area (Å²) in [6.45, 7) is 18.0. The molecule has 2 rings (SSSR count). The highest BCUT2D eigenvalue weighted by Crippen LogP contribution is 2.39. The molecular formula is C24H38N2O6Si. The predicted octanol–water partition coefficient (Wildman–Crippen LogP) is 5.57. The monoisotopic (exact) mass is 478 g/mol. The van der Waals surface area contributed by atoms with E-state index in [9.17, 15) is 14.9 Å². The Hall–Kier alpha value is -2.39. The van der Waals surface area contributed by atoms with Crippen LogP contribution in [-0.4, -0.2) is 57.0 Å². The van der Waals surface area contributed by atoms with Gasteiger partial charge in [-0.15, -0.1) is 0 Å². The molecule has 1 aromatic rings. The first kappa shape index (κ1) is 26.9. The number of unbranched alkanes of at least 4 members (excludes halogenated alkanes) is 1. The van der Waals surface area contributed by atoms with Crippen LogP contribution in [0.15, 0.2) is 24.3 Å². The van der Waals surface area contributed by atoms with Gasteiger partial charge in [0.25, 0.3) is 11.6 Å². The minimum absolute atomic E-state index is 0.0216. The fraction of sp³-hybridized carbons (Fsp3) is 0.625. The molecule has 0 radical (unpaired) electrons.